The molecule has 0 fully saturated rings. The molecule has 2 aromatic rings. The van der Waals surface area contributed by atoms with Crippen molar-refractivity contribution >= 4 is 48.8 Å². The quantitative estimate of drug-likeness (QED) is 0.793. The Bertz CT molecular complexity index is 826. The van der Waals surface area contributed by atoms with E-state index in [0.29, 0.717) is 16.1 Å². The third-order valence-corrected chi connectivity index (χ3v) is 7.05. The van der Waals surface area contributed by atoms with Gasteiger partial charge in [0.2, 0.25) is 0 Å². The van der Waals surface area contributed by atoms with E-state index in [-0.39, 0.29) is 18.7 Å². The summed E-state index contributed by atoms with van der Waals surface area (Å²) in [4.78, 5) is 13.0. The van der Waals surface area contributed by atoms with Crippen LogP contribution in [0, 0.1) is 6.92 Å². The number of aryl methyl sites for hydroxylation is 1. The monoisotopic (exact) mass is 385 g/mol. The highest BCUT2D eigenvalue weighted by molar-refractivity contribution is 9.11. The summed E-state index contributed by atoms with van der Waals surface area (Å²) in [5.41, 5.74) is 0.940. The first kappa shape index (κ1) is 14.7. The minimum Gasteiger partial charge on any atom is -0.294 e. The molecule has 4 nitrogen and oxygen atoms in total. The number of fused-ring (bicyclic) bond motifs is 1. The molecule has 1 aliphatic rings. The molecule has 7 heteroatoms. The Balaban J connectivity index is 2.15. The molecule has 0 atom stereocenters. The van der Waals surface area contributed by atoms with Crippen molar-refractivity contribution in [2.24, 2.45) is 0 Å². The fourth-order valence-electron chi connectivity index (χ4n) is 2.44. The number of anilines is 1. The first-order chi connectivity index (χ1) is 9.91. The number of carbonyl (C=O) groups excluding carboxylic acids is 1. The molecule has 1 aliphatic heterocycles. The zero-order valence-corrected chi connectivity index (χ0v) is 14.4. The summed E-state index contributed by atoms with van der Waals surface area (Å²) in [5, 5.41) is 0. The van der Waals surface area contributed by atoms with Crippen molar-refractivity contribution in [3.63, 3.8) is 0 Å². The highest BCUT2D eigenvalue weighted by atomic mass is 79.9. The van der Waals surface area contributed by atoms with Gasteiger partial charge in [-0.05, 0) is 41.1 Å². The molecule has 110 valence electrons. The molecule has 0 unspecified atom stereocenters. The Morgan fingerprint density at radius 2 is 2.00 bits per heavy atom. The van der Waals surface area contributed by atoms with Crippen LogP contribution in [0.2, 0.25) is 0 Å². The van der Waals surface area contributed by atoms with E-state index in [0.717, 1.165) is 8.66 Å². The average Bonchev–Trinajstić information content (AvgIpc) is 2.79. The lowest BCUT2D eigenvalue weighted by atomic mass is 10.0. The molecule has 3 rings (SSSR count). The third-order valence-electron chi connectivity index (χ3n) is 3.43. The van der Waals surface area contributed by atoms with Crippen LogP contribution in [0.5, 0.6) is 0 Å². The molecule has 1 aromatic heterocycles. The van der Waals surface area contributed by atoms with Crippen molar-refractivity contribution in [1.29, 1.82) is 0 Å². The minimum atomic E-state index is -3.65. The first-order valence-corrected chi connectivity index (χ1v) is 9.37. The number of halogens is 1. The highest BCUT2D eigenvalue weighted by Crippen LogP contribution is 2.36. The highest BCUT2D eigenvalue weighted by Gasteiger charge is 2.33. The summed E-state index contributed by atoms with van der Waals surface area (Å²) in [6.45, 7) is 1.97. The number of thiophene rings is 1. The van der Waals surface area contributed by atoms with Gasteiger partial charge in [-0.15, -0.1) is 11.3 Å². The predicted molar refractivity (Wildman–Crippen MR) is 86.7 cm³/mol. The van der Waals surface area contributed by atoms with Crippen LogP contribution in [0.15, 0.2) is 39.0 Å². The van der Waals surface area contributed by atoms with Crippen molar-refractivity contribution in [2.75, 3.05) is 10.8 Å². The van der Waals surface area contributed by atoms with Gasteiger partial charge in [-0.25, -0.2) is 8.42 Å². The molecule has 0 amide bonds. The summed E-state index contributed by atoms with van der Waals surface area (Å²) < 4.78 is 27.9. The van der Waals surface area contributed by atoms with E-state index in [1.165, 1.54) is 15.6 Å². The lowest BCUT2D eigenvalue weighted by Gasteiger charge is -2.29. The molecule has 0 bridgehead atoms. The van der Waals surface area contributed by atoms with Gasteiger partial charge in [0.05, 0.1) is 9.47 Å². The van der Waals surface area contributed by atoms with E-state index in [9.17, 15) is 13.2 Å². The number of benzene rings is 1. The van der Waals surface area contributed by atoms with Crippen molar-refractivity contribution in [3.05, 3.63) is 44.6 Å². The van der Waals surface area contributed by atoms with Crippen molar-refractivity contribution < 1.29 is 13.2 Å². The second-order valence-corrected chi connectivity index (χ2v) is 9.20. The van der Waals surface area contributed by atoms with Crippen molar-refractivity contribution in [2.45, 2.75) is 18.2 Å². The molecule has 21 heavy (non-hydrogen) atoms. The topological polar surface area (TPSA) is 54.5 Å². The number of rotatable bonds is 2. The third kappa shape index (κ3) is 2.43. The zero-order valence-electron chi connectivity index (χ0n) is 11.2. The number of nitrogens with zero attached hydrogens (tertiary/aromatic N) is 1. The Kier molecular flexibility index (Phi) is 3.67. The Morgan fingerprint density at radius 3 is 2.67 bits per heavy atom. The van der Waals surface area contributed by atoms with Gasteiger partial charge >= 0.3 is 0 Å². The number of sulfonamides is 1. The lowest BCUT2D eigenvalue weighted by Crippen LogP contribution is -2.37. The van der Waals surface area contributed by atoms with Crippen LogP contribution in [-0.4, -0.2) is 20.7 Å². The van der Waals surface area contributed by atoms with E-state index >= 15 is 0 Å². The number of para-hydroxylation sites is 1. The molecular formula is C14H12BrNO3S2. The molecular weight excluding hydrogens is 374 g/mol. The van der Waals surface area contributed by atoms with Gasteiger partial charge in [0, 0.05) is 23.4 Å². The smallest absolute Gasteiger partial charge is 0.265 e. The summed E-state index contributed by atoms with van der Waals surface area (Å²) >= 11 is 4.71. The largest absolute Gasteiger partial charge is 0.294 e. The van der Waals surface area contributed by atoms with Gasteiger partial charge in [-0.2, -0.15) is 0 Å². The van der Waals surface area contributed by atoms with Gasteiger partial charge in [0.15, 0.2) is 5.78 Å². The zero-order chi connectivity index (χ0) is 15.2. The fourth-order valence-corrected chi connectivity index (χ4v) is 6.31. The van der Waals surface area contributed by atoms with E-state index in [2.05, 4.69) is 15.9 Å². The Labute approximate surface area is 135 Å². The summed E-state index contributed by atoms with van der Waals surface area (Å²) in [6.07, 6.45) is 0.209. The van der Waals surface area contributed by atoms with Crippen molar-refractivity contribution in [3.8, 4) is 0 Å². The Hall–Kier alpha value is -1.18. The molecule has 0 radical (unpaired) electrons. The maximum atomic E-state index is 12.9. The van der Waals surface area contributed by atoms with Gasteiger partial charge in [-0.1, -0.05) is 12.1 Å². The van der Waals surface area contributed by atoms with Crippen LogP contribution < -0.4 is 4.31 Å². The van der Waals surface area contributed by atoms with Gasteiger partial charge in [-0.3, -0.25) is 9.10 Å². The van der Waals surface area contributed by atoms with Crippen LogP contribution in [0.25, 0.3) is 0 Å². The summed E-state index contributed by atoms with van der Waals surface area (Å²) in [5.74, 6) is -0.0136. The van der Waals surface area contributed by atoms with E-state index in [4.69, 9.17) is 0 Å². The number of ketones is 1. The van der Waals surface area contributed by atoms with Crippen LogP contribution in [0.3, 0.4) is 0 Å². The van der Waals surface area contributed by atoms with Crippen LogP contribution >= 0.6 is 27.3 Å². The standard InChI is InChI=1S/C14H12BrNO3S2/c1-9-13(8-14(15)20-9)21(18,19)16-7-6-12(17)10-4-2-3-5-11(10)16/h2-5,8H,6-7H2,1H3. The normalized spacial score (nSPS) is 15.1. The molecule has 1 aromatic carbocycles. The SMILES string of the molecule is Cc1sc(Br)cc1S(=O)(=O)N1CCC(=O)c2ccccc21. The number of Topliss-reactive ketones (excluding diaryl/α,β-unsaturated/α-hetero) is 1. The average molecular weight is 386 g/mol. The van der Waals surface area contributed by atoms with Crippen LogP contribution in [0.4, 0.5) is 5.69 Å². The van der Waals surface area contributed by atoms with E-state index < -0.39 is 10.0 Å². The fraction of sp³-hybridized carbons (Fsp3) is 0.214. The number of carbonyl (C=O) groups is 1. The maximum absolute atomic E-state index is 12.9. The van der Waals surface area contributed by atoms with E-state index in [1.54, 1.807) is 37.3 Å². The predicted octanol–water partition coefficient (Wildman–Crippen LogP) is 3.60. The molecule has 0 saturated carbocycles. The Morgan fingerprint density at radius 1 is 1.29 bits per heavy atom. The summed E-state index contributed by atoms with van der Waals surface area (Å²) in [6, 6.07) is 8.47. The van der Waals surface area contributed by atoms with Crippen LogP contribution in [0.1, 0.15) is 21.7 Å². The first-order valence-electron chi connectivity index (χ1n) is 6.32. The van der Waals surface area contributed by atoms with Gasteiger partial charge < -0.3 is 0 Å². The second-order valence-electron chi connectivity index (χ2n) is 4.74. The second kappa shape index (κ2) is 5.23. The number of hydrogen-bond donors (Lipinski definition) is 0. The lowest BCUT2D eigenvalue weighted by molar-refractivity contribution is 0.0982. The summed E-state index contributed by atoms with van der Waals surface area (Å²) in [7, 11) is -3.65. The molecule has 0 saturated heterocycles. The van der Waals surface area contributed by atoms with Crippen molar-refractivity contribution in [1.82, 2.24) is 0 Å². The maximum Gasteiger partial charge on any atom is 0.265 e. The molecule has 0 aliphatic carbocycles. The molecule has 2 heterocycles. The molecule has 0 spiro atoms. The van der Waals surface area contributed by atoms with E-state index in [1.807, 2.05) is 0 Å². The van der Waals surface area contributed by atoms with Crippen LogP contribution in [-0.2, 0) is 10.0 Å². The molecule has 0 N–H and O–H groups in total. The minimum absolute atomic E-state index is 0.0136. The van der Waals surface area contributed by atoms with Gasteiger partial charge in [0.1, 0.15) is 4.90 Å². The van der Waals surface area contributed by atoms with Gasteiger partial charge in [0.25, 0.3) is 10.0 Å². The number of hydrogen-bond acceptors (Lipinski definition) is 4.